The Hall–Kier alpha value is -3.04. The minimum Gasteiger partial charge on any atom is -0.497 e. The first-order valence-electron chi connectivity index (χ1n) is 8.26. The minimum absolute atomic E-state index is 0.0298. The van der Waals surface area contributed by atoms with Crippen LogP contribution in [0, 0.1) is 0 Å². The van der Waals surface area contributed by atoms with Crippen LogP contribution < -0.4 is 4.74 Å². The lowest BCUT2D eigenvalue weighted by atomic mass is 10.2. The lowest BCUT2D eigenvalue weighted by molar-refractivity contribution is 0.414. The van der Waals surface area contributed by atoms with Gasteiger partial charge in [0.05, 0.1) is 12.8 Å². The maximum atomic E-state index is 12.7. The van der Waals surface area contributed by atoms with Gasteiger partial charge in [-0.15, -0.1) is 11.3 Å². The average Bonchev–Trinajstić information content (AvgIpc) is 3.39. The molecule has 0 atom stereocenters. The Morgan fingerprint density at radius 2 is 1.75 bits per heavy atom. The fourth-order valence-corrected chi connectivity index (χ4v) is 4.81. The molecule has 0 saturated carbocycles. The van der Waals surface area contributed by atoms with Gasteiger partial charge in [-0.2, -0.15) is 4.98 Å². The molecule has 0 spiro atoms. The first kappa shape index (κ1) is 18.3. The Morgan fingerprint density at radius 3 is 2.46 bits per heavy atom. The second-order valence-corrected chi connectivity index (χ2v) is 8.89. The van der Waals surface area contributed by atoms with E-state index in [0.29, 0.717) is 17.0 Å². The van der Waals surface area contributed by atoms with Crippen molar-refractivity contribution in [2.45, 2.75) is 10.1 Å². The van der Waals surface area contributed by atoms with E-state index >= 15 is 0 Å². The van der Waals surface area contributed by atoms with Crippen LogP contribution >= 0.6 is 11.3 Å². The number of thiazole rings is 1. The maximum Gasteiger partial charge on any atom is 0.257 e. The predicted molar refractivity (Wildman–Crippen MR) is 105 cm³/mol. The smallest absolute Gasteiger partial charge is 0.257 e. The molecular weight excluding hydrogens is 398 g/mol. The summed E-state index contributed by atoms with van der Waals surface area (Å²) in [7, 11) is -2.10. The Bertz CT molecular complexity index is 1180. The van der Waals surface area contributed by atoms with Crippen molar-refractivity contribution in [2.75, 3.05) is 7.11 Å². The van der Waals surface area contributed by atoms with Crippen LogP contribution in [0.1, 0.15) is 5.82 Å². The normalized spacial score (nSPS) is 11.5. The second kappa shape index (κ2) is 7.53. The Labute approximate surface area is 165 Å². The Balaban J connectivity index is 1.54. The molecule has 2 aromatic heterocycles. The lowest BCUT2D eigenvalue weighted by Crippen LogP contribution is -2.06. The van der Waals surface area contributed by atoms with E-state index in [-0.39, 0.29) is 21.8 Å². The molecule has 0 radical (unpaired) electrons. The van der Waals surface area contributed by atoms with Gasteiger partial charge in [0.25, 0.3) is 5.89 Å². The van der Waals surface area contributed by atoms with Crippen molar-refractivity contribution in [3.05, 3.63) is 65.8 Å². The summed E-state index contributed by atoms with van der Waals surface area (Å²) in [5, 5.41) is 5.51. The summed E-state index contributed by atoms with van der Waals surface area (Å²) in [6, 6.07) is 16.5. The molecule has 0 aliphatic heterocycles. The van der Waals surface area contributed by atoms with Crippen LogP contribution in [0.2, 0.25) is 0 Å². The molecular formula is C19H15N3O4S2. The van der Waals surface area contributed by atoms with Gasteiger partial charge in [-0.05, 0) is 24.3 Å². The fourth-order valence-electron chi connectivity index (χ4n) is 2.54. The van der Waals surface area contributed by atoms with E-state index in [9.17, 15) is 8.42 Å². The molecule has 0 unspecified atom stereocenters. The molecule has 7 nitrogen and oxygen atoms in total. The van der Waals surface area contributed by atoms with Crippen LogP contribution in [0.15, 0.2) is 68.8 Å². The van der Waals surface area contributed by atoms with Gasteiger partial charge in [-0.25, -0.2) is 13.4 Å². The van der Waals surface area contributed by atoms with E-state index in [0.717, 1.165) is 16.9 Å². The second-order valence-electron chi connectivity index (χ2n) is 5.87. The third kappa shape index (κ3) is 3.80. The number of nitrogens with zero attached hydrogens (tertiary/aromatic N) is 3. The van der Waals surface area contributed by atoms with Gasteiger partial charge in [-0.3, -0.25) is 0 Å². The maximum absolute atomic E-state index is 12.7. The summed E-state index contributed by atoms with van der Waals surface area (Å²) < 4.78 is 35.7. The standard InChI is InChI=1S/C19H15N3O4S2/c1-25-15-9-7-14(8-10-15)18-21-17(22-26-18)12-28(23,24)19-20-16(11-27-19)13-5-3-2-4-6-13/h2-11H,12H2,1H3. The third-order valence-corrected chi connectivity index (χ3v) is 6.89. The number of rotatable bonds is 6. The van der Waals surface area contributed by atoms with Gasteiger partial charge in [0, 0.05) is 16.5 Å². The average molecular weight is 413 g/mol. The molecule has 0 bridgehead atoms. The monoisotopic (exact) mass is 413 g/mol. The van der Waals surface area contributed by atoms with Gasteiger partial charge in [0.2, 0.25) is 14.2 Å². The fraction of sp³-hybridized carbons (Fsp3) is 0.105. The van der Waals surface area contributed by atoms with E-state index in [2.05, 4.69) is 15.1 Å². The van der Waals surface area contributed by atoms with Crippen LogP contribution in [0.25, 0.3) is 22.7 Å². The summed E-state index contributed by atoms with van der Waals surface area (Å²) in [5.74, 6) is 0.650. The van der Waals surface area contributed by atoms with E-state index in [1.165, 1.54) is 0 Å². The topological polar surface area (TPSA) is 95.2 Å². The molecule has 0 fully saturated rings. The number of methoxy groups -OCH3 is 1. The molecule has 28 heavy (non-hydrogen) atoms. The van der Waals surface area contributed by atoms with Gasteiger partial charge in [0.1, 0.15) is 11.5 Å². The van der Waals surface area contributed by atoms with Crippen LogP contribution in [-0.4, -0.2) is 30.7 Å². The molecule has 142 valence electrons. The summed E-state index contributed by atoms with van der Waals surface area (Å²) in [4.78, 5) is 8.45. The minimum atomic E-state index is -3.68. The molecule has 9 heteroatoms. The van der Waals surface area contributed by atoms with Crippen molar-refractivity contribution < 1.29 is 17.7 Å². The highest BCUT2D eigenvalue weighted by molar-refractivity contribution is 7.92. The molecule has 4 aromatic rings. The molecule has 2 heterocycles. The SMILES string of the molecule is COc1ccc(-c2nc(CS(=O)(=O)c3nc(-c4ccccc4)cs3)no2)cc1. The molecule has 0 aliphatic rings. The number of hydrogen-bond donors (Lipinski definition) is 0. The van der Waals surface area contributed by atoms with Crippen molar-refractivity contribution in [1.29, 1.82) is 0 Å². The van der Waals surface area contributed by atoms with Crippen LogP contribution in [0.5, 0.6) is 5.75 Å². The third-order valence-electron chi connectivity index (χ3n) is 3.94. The molecule has 0 saturated heterocycles. The molecule has 0 aliphatic carbocycles. The first-order chi connectivity index (χ1) is 13.5. The Morgan fingerprint density at radius 1 is 1.00 bits per heavy atom. The van der Waals surface area contributed by atoms with Gasteiger partial charge < -0.3 is 9.26 Å². The highest BCUT2D eigenvalue weighted by atomic mass is 32.2. The first-order valence-corrected chi connectivity index (χ1v) is 10.8. The largest absolute Gasteiger partial charge is 0.497 e. The highest BCUT2D eigenvalue weighted by Crippen LogP contribution is 2.27. The van der Waals surface area contributed by atoms with Crippen molar-refractivity contribution in [3.8, 4) is 28.5 Å². The van der Waals surface area contributed by atoms with E-state index in [1.54, 1.807) is 36.8 Å². The quantitative estimate of drug-likeness (QED) is 0.474. The molecule has 0 amide bonds. The summed E-state index contributed by atoms with van der Waals surface area (Å²) in [6.45, 7) is 0. The van der Waals surface area contributed by atoms with Crippen LogP contribution in [-0.2, 0) is 15.6 Å². The zero-order valence-electron chi connectivity index (χ0n) is 14.8. The van der Waals surface area contributed by atoms with Crippen molar-refractivity contribution >= 4 is 21.2 Å². The lowest BCUT2D eigenvalue weighted by Gasteiger charge is -1.99. The van der Waals surface area contributed by atoms with Gasteiger partial charge in [-0.1, -0.05) is 35.5 Å². The summed E-state index contributed by atoms with van der Waals surface area (Å²) >= 11 is 1.08. The molecule has 4 rings (SSSR count). The van der Waals surface area contributed by atoms with Crippen LogP contribution in [0.3, 0.4) is 0 Å². The van der Waals surface area contributed by atoms with Gasteiger partial charge >= 0.3 is 0 Å². The molecule has 0 N–H and O–H groups in total. The Kier molecular flexibility index (Phi) is 4.93. The van der Waals surface area contributed by atoms with Crippen molar-refractivity contribution in [2.24, 2.45) is 0 Å². The number of benzene rings is 2. The molecule has 2 aromatic carbocycles. The van der Waals surface area contributed by atoms with E-state index in [1.807, 2.05) is 30.3 Å². The van der Waals surface area contributed by atoms with Crippen LogP contribution in [0.4, 0.5) is 0 Å². The van der Waals surface area contributed by atoms with Gasteiger partial charge in [0.15, 0.2) is 5.82 Å². The van der Waals surface area contributed by atoms with Crippen molar-refractivity contribution in [1.82, 2.24) is 15.1 Å². The van der Waals surface area contributed by atoms with E-state index < -0.39 is 9.84 Å². The summed E-state index contributed by atoms with van der Waals surface area (Å²) in [6.07, 6.45) is 0. The number of hydrogen-bond acceptors (Lipinski definition) is 8. The van der Waals surface area contributed by atoms with E-state index in [4.69, 9.17) is 9.26 Å². The van der Waals surface area contributed by atoms with Crippen molar-refractivity contribution in [3.63, 3.8) is 0 Å². The number of sulfone groups is 1. The number of aromatic nitrogens is 3. The zero-order valence-corrected chi connectivity index (χ0v) is 16.4. The summed E-state index contributed by atoms with van der Waals surface area (Å²) in [5.41, 5.74) is 2.16. The predicted octanol–water partition coefficient (Wildman–Crippen LogP) is 3.84. The zero-order chi connectivity index (χ0) is 19.6. The number of ether oxygens (including phenoxy) is 1. The highest BCUT2D eigenvalue weighted by Gasteiger charge is 2.23.